The van der Waals surface area contributed by atoms with Crippen LogP contribution in [0.3, 0.4) is 0 Å². The molecule has 3 aromatic carbocycles. The highest BCUT2D eigenvalue weighted by Gasteiger charge is 2.33. The first kappa shape index (κ1) is 27.1. The molecule has 1 aliphatic carbocycles. The molecule has 0 unspecified atom stereocenters. The van der Waals surface area contributed by atoms with Crippen molar-refractivity contribution < 1.29 is 0 Å². The van der Waals surface area contributed by atoms with E-state index in [1.165, 1.54) is 36.0 Å². The van der Waals surface area contributed by atoms with Crippen molar-refractivity contribution in [2.24, 2.45) is 0 Å². The minimum atomic E-state index is -0.408. The molecule has 2 aromatic heterocycles. The summed E-state index contributed by atoms with van der Waals surface area (Å²) in [5.41, 5.74) is 5.12. The molecule has 1 N–H and O–H groups in total. The maximum atomic E-state index is 13.9. The van der Waals surface area contributed by atoms with Crippen LogP contribution in [0.2, 0.25) is 0 Å². The smallest absolute Gasteiger partial charge is 0.253 e. The zero-order valence-corrected chi connectivity index (χ0v) is 23.7. The van der Waals surface area contributed by atoms with Gasteiger partial charge in [-0.1, -0.05) is 92.9 Å². The fraction of sp³-hybridized carbons (Fsp3) is 0.353. The number of tetrazole rings is 1. The molecule has 0 bridgehead atoms. The highest BCUT2D eigenvalue weighted by atomic mass is 16.1. The summed E-state index contributed by atoms with van der Waals surface area (Å²) in [7, 11) is 0. The SMILES string of the molecule is CCc1ccc2[nH]c(=O)c([C@H](c3nnnn3C3CCCCC3)N(CCc3ccccc3)Cc3ccccc3)cc2c1. The Hall–Kier alpha value is -4.10. The van der Waals surface area contributed by atoms with E-state index in [-0.39, 0.29) is 11.6 Å². The van der Waals surface area contributed by atoms with Crippen LogP contribution in [0.15, 0.2) is 89.7 Å². The van der Waals surface area contributed by atoms with Gasteiger partial charge in [0.2, 0.25) is 0 Å². The van der Waals surface area contributed by atoms with E-state index in [1.807, 2.05) is 22.9 Å². The number of pyridine rings is 1. The fourth-order valence-electron chi connectivity index (χ4n) is 6.20. The predicted molar refractivity (Wildman–Crippen MR) is 163 cm³/mol. The van der Waals surface area contributed by atoms with Crippen LogP contribution in [0.1, 0.15) is 79.2 Å². The third-order valence-electron chi connectivity index (χ3n) is 8.45. The molecule has 1 saturated carbocycles. The molecule has 2 heterocycles. The Morgan fingerprint density at radius 1 is 0.902 bits per heavy atom. The molecule has 0 spiro atoms. The van der Waals surface area contributed by atoms with E-state index in [0.29, 0.717) is 12.1 Å². The number of hydrogen-bond donors (Lipinski definition) is 1. The molecule has 0 aliphatic heterocycles. The normalized spacial score (nSPS) is 15.0. The van der Waals surface area contributed by atoms with Gasteiger partial charge in [0.1, 0.15) is 6.04 Å². The zero-order chi connectivity index (χ0) is 28.0. The first-order valence-corrected chi connectivity index (χ1v) is 14.9. The highest BCUT2D eigenvalue weighted by Crippen LogP contribution is 2.34. The third kappa shape index (κ3) is 6.15. The lowest BCUT2D eigenvalue weighted by Crippen LogP contribution is -2.37. The van der Waals surface area contributed by atoms with E-state index in [0.717, 1.165) is 49.0 Å². The second-order valence-corrected chi connectivity index (χ2v) is 11.2. The summed E-state index contributed by atoms with van der Waals surface area (Å²) in [4.78, 5) is 19.4. The van der Waals surface area contributed by atoms with Crippen molar-refractivity contribution in [1.82, 2.24) is 30.1 Å². The topological polar surface area (TPSA) is 79.7 Å². The molecule has 210 valence electrons. The van der Waals surface area contributed by atoms with Crippen LogP contribution in [0.5, 0.6) is 0 Å². The van der Waals surface area contributed by atoms with Gasteiger partial charge in [0.25, 0.3) is 5.56 Å². The summed E-state index contributed by atoms with van der Waals surface area (Å²) in [5, 5.41) is 14.4. The average molecular weight is 547 g/mol. The van der Waals surface area contributed by atoms with Gasteiger partial charge in [0, 0.05) is 24.2 Å². The molecule has 5 aromatic rings. The van der Waals surface area contributed by atoms with Gasteiger partial charge in [-0.2, -0.15) is 0 Å². The van der Waals surface area contributed by atoms with Gasteiger partial charge >= 0.3 is 0 Å². The molecule has 0 radical (unpaired) electrons. The number of aryl methyl sites for hydroxylation is 1. The molecule has 1 aliphatic rings. The minimum Gasteiger partial charge on any atom is -0.322 e. The van der Waals surface area contributed by atoms with Crippen LogP contribution in [-0.2, 0) is 19.4 Å². The van der Waals surface area contributed by atoms with E-state index in [4.69, 9.17) is 0 Å². The van der Waals surface area contributed by atoms with Crippen LogP contribution in [-0.4, -0.2) is 36.6 Å². The number of benzene rings is 3. The molecule has 6 rings (SSSR count). The number of aromatic amines is 1. The van der Waals surface area contributed by atoms with Gasteiger partial charge in [-0.3, -0.25) is 9.69 Å². The average Bonchev–Trinajstić information content (AvgIpc) is 3.51. The van der Waals surface area contributed by atoms with E-state index in [2.05, 4.69) is 99.1 Å². The Labute approximate surface area is 241 Å². The highest BCUT2D eigenvalue weighted by molar-refractivity contribution is 5.80. The summed E-state index contributed by atoms with van der Waals surface area (Å²) in [6.07, 6.45) is 7.49. The van der Waals surface area contributed by atoms with Crippen LogP contribution in [0, 0.1) is 0 Å². The number of rotatable bonds is 10. The van der Waals surface area contributed by atoms with Crippen molar-refractivity contribution >= 4 is 10.9 Å². The Kier molecular flexibility index (Phi) is 8.33. The quantitative estimate of drug-likeness (QED) is 0.219. The molecule has 1 atom stereocenters. The summed E-state index contributed by atoms with van der Waals surface area (Å²) in [6.45, 7) is 3.57. The maximum Gasteiger partial charge on any atom is 0.253 e. The number of nitrogens with zero attached hydrogens (tertiary/aromatic N) is 5. The van der Waals surface area contributed by atoms with Gasteiger partial charge in [0.05, 0.1) is 6.04 Å². The number of nitrogens with one attached hydrogen (secondary N) is 1. The lowest BCUT2D eigenvalue weighted by molar-refractivity contribution is 0.197. The summed E-state index contributed by atoms with van der Waals surface area (Å²) >= 11 is 0. The van der Waals surface area contributed by atoms with Crippen molar-refractivity contribution in [3.05, 3.63) is 123 Å². The zero-order valence-electron chi connectivity index (χ0n) is 23.7. The van der Waals surface area contributed by atoms with Crippen LogP contribution < -0.4 is 5.56 Å². The predicted octanol–water partition coefficient (Wildman–Crippen LogP) is 6.42. The van der Waals surface area contributed by atoms with Crippen LogP contribution in [0.4, 0.5) is 0 Å². The molecule has 7 heteroatoms. The van der Waals surface area contributed by atoms with Crippen molar-refractivity contribution in [3.63, 3.8) is 0 Å². The monoisotopic (exact) mass is 546 g/mol. The molecule has 1 fully saturated rings. The first-order valence-electron chi connectivity index (χ1n) is 14.9. The first-order chi connectivity index (χ1) is 20.2. The maximum absolute atomic E-state index is 13.9. The van der Waals surface area contributed by atoms with Crippen molar-refractivity contribution in [3.8, 4) is 0 Å². The molecule has 0 amide bonds. The van der Waals surface area contributed by atoms with Gasteiger partial charge in [-0.05, 0) is 76.4 Å². The lowest BCUT2D eigenvalue weighted by atomic mass is 9.94. The Morgan fingerprint density at radius 2 is 1.63 bits per heavy atom. The largest absolute Gasteiger partial charge is 0.322 e. The molecule has 7 nitrogen and oxygen atoms in total. The fourth-order valence-corrected chi connectivity index (χ4v) is 6.20. The van der Waals surface area contributed by atoms with Crippen molar-refractivity contribution in [2.45, 2.75) is 70.5 Å². The minimum absolute atomic E-state index is 0.0947. The molecule has 0 saturated heterocycles. The number of fused-ring (bicyclic) bond motifs is 1. The Bertz CT molecular complexity index is 1620. The Morgan fingerprint density at radius 3 is 2.37 bits per heavy atom. The lowest BCUT2D eigenvalue weighted by Gasteiger charge is -2.33. The van der Waals surface area contributed by atoms with Crippen LogP contribution >= 0.6 is 0 Å². The van der Waals surface area contributed by atoms with Crippen LogP contribution in [0.25, 0.3) is 10.9 Å². The summed E-state index contributed by atoms with van der Waals surface area (Å²) in [6, 6.07) is 29.2. The summed E-state index contributed by atoms with van der Waals surface area (Å²) < 4.78 is 2.02. The Balaban J connectivity index is 1.49. The second kappa shape index (κ2) is 12.6. The number of hydrogen-bond acceptors (Lipinski definition) is 5. The van der Waals surface area contributed by atoms with E-state index < -0.39 is 6.04 Å². The van der Waals surface area contributed by atoms with Crippen molar-refractivity contribution in [2.75, 3.05) is 6.54 Å². The standard InChI is InChI=1S/C34H38N6O/c1-2-25-18-19-31-28(22-25)23-30(34(41)35-31)32(33-36-37-38-40(33)29-16-10-5-11-17-29)39(24-27-14-8-4-9-15-27)21-20-26-12-6-3-7-13-26/h3-4,6-9,12-15,18-19,22-23,29,32H,2,5,10-11,16-17,20-21,24H2,1H3,(H,35,41)/t32-/m1/s1. The van der Waals surface area contributed by atoms with E-state index in [1.54, 1.807) is 0 Å². The van der Waals surface area contributed by atoms with Gasteiger partial charge in [-0.25, -0.2) is 4.68 Å². The van der Waals surface area contributed by atoms with Gasteiger partial charge in [0.15, 0.2) is 5.82 Å². The number of H-pyrrole nitrogens is 1. The summed E-state index contributed by atoms with van der Waals surface area (Å²) in [5.74, 6) is 0.748. The van der Waals surface area contributed by atoms with Gasteiger partial charge < -0.3 is 4.98 Å². The molecule has 41 heavy (non-hydrogen) atoms. The second-order valence-electron chi connectivity index (χ2n) is 11.2. The van der Waals surface area contributed by atoms with E-state index in [9.17, 15) is 4.79 Å². The van der Waals surface area contributed by atoms with E-state index >= 15 is 0 Å². The van der Waals surface area contributed by atoms with Gasteiger partial charge in [-0.15, -0.1) is 5.10 Å². The third-order valence-corrected chi connectivity index (χ3v) is 8.45. The van der Waals surface area contributed by atoms with Crippen molar-refractivity contribution in [1.29, 1.82) is 0 Å². The molecular weight excluding hydrogens is 508 g/mol. The molecular formula is C34H38N6O. The number of aromatic nitrogens is 5.